The second kappa shape index (κ2) is 12.7. The van der Waals surface area contributed by atoms with Gasteiger partial charge in [0, 0.05) is 0 Å². The predicted octanol–water partition coefficient (Wildman–Crippen LogP) is -3.31. The molecule has 9 heteroatoms. The molecule has 0 atom stereocenters. The van der Waals surface area contributed by atoms with Gasteiger partial charge >= 0.3 is 60.8 Å². The molecule has 48 valence electrons. The Morgan fingerprint density at radius 2 is 1.22 bits per heavy atom. The number of hydrogen-bond acceptors (Lipinski definition) is 5. The largest absolute Gasteiger partial charge is 2.00 e. The molecule has 0 aromatic rings. The van der Waals surface area contributed by atoms with Gasteiger partial charge in [0.25, 0.3) is 0 Å². The SMILES string of the molecule is O=P([O-])([O-])O.[Ca+2].[Mg+2].[OH-].[OH-]. The molecule has 0 saturated carbocycles. The van der Waals surface area contributed by atoms with E-state index in [0.717, 1.165) is 0 Å². The van der Waals surface area contributed by atoms with Crippen LogP contribution in [0.15, 0.2) is 0 Å². The minimum absolute atomic E-state index is 0. The first kappa shape index (κ1) is 30.5. The standard InChI is InChI=1S/Ca.Mg.H3O4P.2H2O/c;;1-5(2,3)4;;/h;;(H3,1,2,3,4);2*1H2/q2*+2;;;/p-4. The van der Waals surface area contributed by atoms with Crippen LogP contribution in [0.4, 0.5) is 0 Å². The van der Waals surface area contributed by atoms with Gasteiger partial charge in [0.2, 0.25) is 0 Å². The van der Waals surface area contributed by atoms with E-state index >= 15 is 0 Å². The molecule has 0 aliphatic rings. The van der Waals surface area contributed by atoms with E-state index in [4.69, 9.17) is 19.2 Å². The quantitative estimate of drug-likeness (QED) is 0.316. The Morgan fingerprint density at radius 1 is 1.22 bits per heavy atom. The maximum Gasteiger partial charge on any atom is 2.00 e. The van der Waals surface area contributed by atoms with Crippen LogP contribution in [0.25, 0.3) is 0 Å². The molecule has 0 rings (SSSR count). The van der Waals surface area contributed by atoms with E-state index in [0.29, 0.717) is 0 Å². The first-order chi connectivity index (χ1) is 2.00. The summed E-state index contributed by atoms with van der Waals surface area (Å²) in [6.07, 6.45) is 0. The van der Waals surface area contributed by atoms with Gasteiger partial charge in [-0.3, -0.25) is 0 Å². The monoisotopic (exact) mass is 194 g/mol. The van der Waals surface area contributed by atoms with Gasteiger partial charge in [0.15, 0.2) is 0 Å². The number of hydrogen-bond donors (Lipinski definition) is 1. The molecular formula is H3CaMgO6P. The Balaban J connectivity index is -0.0000000133. The van der Waals surface area contributed by atoms with Crippen LogP contribution in [0.1, 0.15) is 0 Å². The summed E-state index contributed by atoms with van der Waals surface area (Å²) in [7, 11) is -5.14. The van der Waals surface area contributed by atoms with Crippen LogP contribution in [0, 0.1) is 0 Å². The molecule has 0 aliphatic carbocycles. The first-order valence-corrected chi connectivity index (χ1v) is 2.24. The van der Waals surface area contributed by atoms with Crippen LogP contribution in [0.2, 0.25) is 0 Å². The first-order valence-electron chi connectivity index (χ1n) is 0.748. The average Bonchev–Trinajstić information content (AvgIpc) is 0.722. The van der Waals surface area contributed by atoms with E-state index in [1.807, 2.05) is 0 Å². The van der Waals surface area contributed by atoms with Gasteiger partial charge in [-0.2, -0.15) is 0 Å². The van der Waals surface area contributed by atoms with Crippen LogP contribution in [-0.2, 0) is 4.57 Å². The third-order valence-corrected chi connectivity index (χ3v) is 0. The smallest absolute Gasteiger partial charge is 0.870 e. The van der Waals surface area contributed by atoms with Gasteiger partial charge in [0.05, 0.1) is 7.82 Å². The Morgan fingerprint density at radius 3 is 1.22 bits per heavy atom. The van der Waals surface area contributed by atoms with E-state index in [1.54, 1.807) is 0 Å². The molecule has 0 aromatic carbocycles. The van der Waals surface area contributed by atoms with Crippen LogP contribution in [0.3, 0.4) is 0 Å². The van der Waals surface area contributed by atoms with Gasteiger partial charge in [-0.15, -0.1) is 0 Å². The van der Waals surface area contributed by atoms with E-state index in [-0.39, 0.29) is 71.7 Å². The average molecular weight is 194 g/mol. The van der Waals surface area contributed by atoms with Crippen molar-refractivity contribution in [3.05, 3.63) is 0 Å². The van der Waals surface area contributed by atoms with Crippen molar-refractivity contribution in [3.63, 3.8) is 0 Å². The molecule has 9 heavy (non-hydrogen) atoms. The Bertz CT molecular complexity index is 59.2. The molecule has 0 aromatic heterocycles. The summed E-state index contributed by atoms with van der Waals surface area (Å²) in [4.78, 5) is 24.3. The van der Waals surface area contributed by atoms with E-state index < -0.39 is 7.82 Å². The van der Waals surface area contributed by atoms with Crippen molar-refractivity contribution in [2.75, 3.05) is 0 Å². The zero-order valence-corrected chi connectivity index (χ0v) is 8.94. The van der Waals surface area contributed by atoms with Crippen molar-refractivity contribution in [1.82, 2.24) is 0 Å². The van der Waals surface area contributed by atoms with Gasteiger partial charge in [-0.1, -0.05) is 0 Å². The summed E-state index contributed by atoms with van der Waals surface area (Å²) in [5.74, 6) is 0. The summed E-state index contributed by atoms with van der Waals surface area (Å²) in [5.41, 5.74) is 0. The Labute approximate surface area is 97.7 Å². The second-order valence-electron chi connectivity index (χ2n) is 0.469. The molecule has 0 aliphatic heterocycles. The van der Waals surface area contributed by atoms with E-state index in [2.05, 4.69) is 0 Å². The van der Waals surface area contributed by atoms with Crippen molar-refractivity contribution in [1.29, 1.82) is 0 Å². The van der Waals surface area contributed by atoms with Crippen LogP contribution in [0.5, 0.6) is 0 Å². The Hall–Kier alpha value is 2.06. The summed E-state index contributed by atoms with van der Waals surface area (Å²) in [6.45, 7) is 0. The summed E-state index contributed by atoms with van der Waals surface area (Å²) in [6, 6.07) is 0. The van der Waals surface area contributed by atoms with Crippen molar-refractivity contribution >= 4 is 68.6 Å². The zero-order valence-electron chi connectivity index (χ0n) is 4.43. The fourth-order valence-electron chi connectivity index (χ4n) is 0. The molecule has 3 N–H and O–H groups in total. The maximum atomic E-state index is 8.66. The third-order valence-electron chi connectivity index (χ3n) is 0. The molecule has 0 heterocycles. The summed E-state index contributed by atoms with van der Waals surface area (Å²) >= 11 is 0. The van der Waals surface area contributed by atoms with Crippen molar-refractivity contribution in [2.24, 2.45) is 0 Å². The van der Waals surface area contributed by atoms with Crippen molar-refractivity contribution < 1.29 is 30.2 Å². The zero-order chi connectivity index (χ0) is 4.50. The molecule has 6 nitrogen and oxygen atoms in total. The predicted molar refractivity (Wildman–Crippen MR) is 25.2 cm³/mol. The maximum absolute atomic E-state index is 8.66. The molecule has 0 saturated heterocycles. The van der Waals surface area contributed by atoms with Gasteiger partial charge < -0.3 is 30.2 Å². The molecule has 0 bridgehead atoms. The van der Waals surface area contributed by atoms with Crippen LogP contribution >= 0.6 is 7.82 Å². The summed E-state index contributed by atoms with van der Waals surface area (Å²) < 4.78 is 8.66. The molecule has 0 radical (unpaired) electrons. The second-order valence-corrected chi connectivity index (χ2v) is 1.41. The van der Waals surface area contributed by atoms with Crippen molar-refractivity contribution in [2.45, 2.75) is 0 Å². The van der Waals surface area contributed by atoms with Gasteiger partial charge in [-0.05, 0) is 0 Å². The van der Waals surface area contributed by atoms with Gasteiger partial charge in [-0.25, -0.2) is 0 Å². The molecule has 0 fully saturated rings. The molecular weight excluding hydrogens is 191 g/mol. The van der Waals surface area contributed by atoms with E-state index in [1.165, 1.54) is 0 Å². The third kappa shape index (κ3) is 154. The van der Waals surface area contributed by atoms with Crippen LogP contribution in [-0.4, -0.2) is 76.6 Å². The van der Waals surface area contributed by atoms with E-state index in [9.17, 15) is 0 Å². The fraction of sp³-hybridized carbons (Fsp3) is 0. The minimum Gasteiger partial charge on any atom is -0.870 e. The normalized spacial score (nSPS) is 6.56. The minimum atomic E-state index is -5.14. The Kier molecular flexibility index (Phi) is 43.0. The van der Waals surface area contributed by atoms with Crippen molar-refractivity contribution in [3.8, 4) is 0 Å². The topological polar surface area (TPSA) is 143 Å². The number of phosphoric acid groups is 1. The molecule has 0 spiro atoms. The number of rotatable bonds is 0. The molecule has 0 unspecified atom stereocenters. The summed E-state index contributed by atoms with van der Waals surface area (Å²) in [5, 5.41) is 0. The fourth-order valence-corrected chi connectivity index (χ4v) is 0. The van der Waals surface area contributed by atoms with Crippen LogP contribution < -0.4 is 9.79 Å². The molecule has 0 amide bonds. The van der Waals surface area contributed by atoms with Gasteiger partial charge in [0.1, 0.15) is 0 Å².